The number of likely N-dealkylation sites (N-methyl/N-ethyl adjacent to an activating group) is 1. The van der Waals surface area contributed by atoms with Gasteiger partial charge in [0.15, 0.2) is 0 Å². The number of methoxy groups -OCH3 is 2. The van der Waals surface area contributed by atoms with Gasteiger partial charge >= 0.3 is 0 Å². The van der Waals surface area contributed by atoms with Crippen LogP contribution in [0.1, 0.15) is 16.7 Å². The van der Waals surface area contributed by atoms with Crippen LogP contribution in [0.3, 0.4) is 0 Å². The summed E-state index contributed by atoms with van der Waals surface area (Å²) in [5.41, 5.74) is 4.53. The Kier molecular flexibility index (Phi) is 5.92. The van der Waals surface area contributed by atoms with Gasteiger partial charge in [0, 0.05) is 18.8 Å². The maximum absolute atomic E-state index is 13.9. The standard InChI is InChI=1S/C27H26N2O4/c1-17-11-13-21(18(2)15-17)24-25(28(3)19-9-7-6-8-10-19)27(31)29(26(24)30)22-16-20(32-4)12-14-23(22)33-5/h6-16H,1-5H3. The molecular formula is C27H26N2O4. The molecule has 4 rings (SSSR count). The highest BCUT2D eigenvalue weighted by molar-refractivity contribution is 6.46. The lowest BCUT2D eigenvalue weighted by Crippen LogP contribution is -2.34. The molecule has 33 heavy (non-hydrogen) atoms. The molecule has 0 unspecified atom stereocenters. The number of para-hydroxylation sites is 1. The Morgan fingerprint density at radius 2 is 1.55 bits per heavy atom. The van der Waals surface area contributed by atoms with Crippen LogP contribution in [0.15, 0.2) is 72.4 Å². The molecular weight excluding hydrogens is 416 g/mol. The number of aryl methyl sites for hydroxylation is 2. The van der Waals surface area contributed by atoms with Gasteiger partial charge in [-0.2, -0.15) is 0 Å². The van der Waals surface area contributed by atoms with Crippen LogP contribution in [0.2, 0.25) is 0 Å². The summed E-state index contributed by atoms with van der Waals surface area (Å²) in [7, 11) is 4.84. The molecule has 1 aliphatic heterocycles. The Balaban J connectivity index is 1.94. The molecule has 168 valence electrons. The highest BCUT2D eigenvalue weighted by atomic mass is 16.5. The topological polar surface area (TPSA) is 59.1 Å². The van der Waals surface area contributed by atoms with E-state index in [4.69, 9.17) is 9.47 Å². The number of amides is 2. The van der Waals surface area contributed by atoms with Gasteiger partial charge in [-0.15, -0.1) is 0 Å². The van der Waals surface area contributed by atoms with Crippen molar-refractivity contribution in [3.8, 4) is 11.5 Å². The fourth-order valence-corrected chi connectivity index (χ4v) is 4.14. The summed E-state index contributed by atoms with van der Waals surface area (Å²) in [5.74, 6) is 0.0922. The summed E-state index contributed by atoms with van der Waals surface area (Å²) in [6, 6.07) is 20.4. The van der Waals surface area contributed by atoms with Crippen LogP contribution < -0.4 is 19.3 Å². The summed E-state index contributed by atoms with van der Waals surface area (Å²) in [5, 5.41) is 0. The van der Waals surface area contributed by atoms with Crippen molar-refractivity contribution < 1.29 is 19.1 Å². The average molecular weight is 443 g/mol. The van der Waals surface area contributed by atoms with E-state index in [1.54, 1.807) is 30.1 Å². The number of rotatable bonds is 6. The largest absolute Gasteiger partial charge is 0.497 e. The molecule has 0 N–H and O–H groups in total. The number of benzene rings is 3. The van der Waals surface area contributed by atoms with Crippen LogP contribution in [0.5, 0.6) is 11.5 Å². The van der Waals surface area contributed by atoms with E-state index in [1.807, 2.05) is 62.4 Å². The van der Waals surface area contributed by atoms with Gasteiger partial charge in [0.2, 0.25) is 0 Å². The molecule has 6 nitrogen and oxygen atoms in total. The molecule has 0 saturated heterocycles. The predicted molar refractivity (Wildman–Crippen MR) is 130 cm³/mol. The molecule has 3 aromatic carbocycles. The van der Waals surface area contributed by atoms with E-state index in [2.05, 4.69) is 0 Å². The Bertz CT molecular complexity index is 1260. The van der Waals surface area contributed by atoms with Gasteiger partial charge < -0.3 is 14.4 Å². The maximum atomic E-state index is 13.9. The quantitative estimate of drug-likeness (QED) is 0.516. The third-order valence-corrected chi connectivity index (χ3v) is 5.82. The molecule has 0 bridgehead atoms. The highest BCUT2D eigenvalue weighted by Crippen LogP contribution is 2.41. The highest BCUT2D eigenvalue weighted by Gasteiger charge is 2.43. The number of nitrogens with zero attached hydrogens (tertiary/aromatic N) is 2. The summed E-state index contributed by atoms with van der Waals surface area (Å²) in [4.78, 5) is 30.7. The van der Waals surface area contributed by atoms with Crippen LogP contribution in [-0.2, 0) is 9.59 Å². The minimum absolute atomic E-state index is 0.308. The first kappa shape index (κ1) is 22.1. The van der Waals surface area contributed by atoms with Crippen LogP contribution >= 0.6 is 0 Å². The van der Waals surface area contributed by atoms with E-state index in [1.165, 1.54) is 19.1 Å². The number of hydrogen-bond acceptors (Lipinski definition) is 5. The minimum atomic E-state index is -0.423. The average Bonchev–Trinajstić information content (AvgIpc) is 3.08. The second-order valence-electron chi connectivity index (χ2n) is 7.92. The van der Waals surface area contributed by atoms with Crippen molar-refractivity contribution in [3.05, 3.63) is 89.1 Å². The van der Waals surface area contributed by atoms with Gasteiger partial charge in [-0.1, -0.05) is 42.0 Å². The molecule has 6 heteroatoms. The zero-order chi connectivity index (χ0) is 23.7. The lowest BCUT2D eigenvalue weighted by molar-refractivity contribution is -0.120. The van der Waals surface area contributed by atoms with Crippen molar-refractivity contribution in [2.75, 3.05) is 31.1 Å². The Morgan fingerprint density at radius 1 is 0.818 bits per heavy atom. The Morgan fingerprint density at radius 3 is 2.18 bits per heavy atom. The first-order chi connectivity index (χ1) is 15.9. The second kappa shape index (κ2) is 8.82. The van der Waals surface area contributed by atoms with Crippen molar-refractivity contribution in [3.63, 3.8) is 0 Å². The van der Waals surface area contributed by atoms with Crippen molar-refractivity contribution in [2.45, 2.75) is 13.8 Å². The normalized spacial score (nSPS) is 13.5. The van der Waals surface area contributed by atoms with Crippen LogP contribution in [0.25, 0.3) is 5.57 Å². The van der Waals surface area contributed by atoms with E-state index in [0.29, 0.717) is 28.5 Å². The summed E-state index contributed by atoms with van der Waals surface area (Å²) in [6.07, 6.45) is 0. The van der Waals surface area contributed by atoms with E-state index < -0.39 is 11.8 Å². The van der Waals surface area contributed by atoms with E-state index in [9.17, 15) is 9.59 Å². The molecule has 0 fully saturated rings. The van der Waals surface area contributed by atoms with Gasteiger partial charge in [-0.3, -0.25) is 9.59 Å². The number of hydrogen-bond donors (Lipinski definition) is 0. The fraction of sp³-hybridized carbons (Fsp3) is 0.185. The second-order valence-corrected chi connectivity index (χ2v) is 7.92. The summed E-state index contributed by atoms with van der Waals surface area (Å²) < 4.78 is 10.8. The maximum Gasteiger partial charge on any atom is 0.282 e. The smallest absolute Gasteiger partial charge is 0.282 e. The van der Waals surface area contributed by atoms with Crippen LogP contribution in [0, 0.1) is 13.8 Å². The van der Waals surface area contributed by atoms with E-state index in [0.717, 1.165) is 22.4 Å². The van der Waals surface area contributed by atoms with Crippen molar-refractivity contribution in [2.24, 2.45) is 0 Å². The van der Waals surface area contributed by atoms with E-state index in [-0.39, 0.29) is 0 Å². The van der Waals surface area contributed by atoms with Crippen LogP contribution in [0.4, 0.5) is 11.4 Å². The molecule has 0 saturated carbocycles. The number of carbonyl (C=O) groups excluding carboxylic acids is 2. The van der Waals surface area contributed by atoms with Gasteiger partial charge in [-0.05, 0) is 49.2 Å². The Hall–Kier alpha value is -4.06. The SMILES string of the molecule is COc1ccc(OC)c(N2C(=O)C(c3ccc(C)cc3C)=C(N(C)c3ccccc3)C2=O)c1. The number of imide groups is 1. The van der Waals surface area contributed by atoms with E-state index >= 15 is 0 Å². The number of anilines is 2. The lowest BCUT2D eigenvalue weighted by Gasteiger charge is -2.22. The molecule has 3 aromatic rings. The van der Waals surface area contributed by atoms with Crippen molar-refractivity contribution in [1.29, 1.82) is 0 Å². The van der Waals surface area contributed by atoms with Gasteiger partial charge in [-0.25, -0.2) is 4.90 Å². The Labute approximate surface area is 193 Å². The van der Waals surface area contributed by atoms with Crippen LogP contribution in [-0.4, -0.2) is 33.1 Å². The zero-order valence-corrected chi connectivity index (χ0v) is 19.4. The van der Waals surface area contributed by atoms with Crippen molar-refractivity contribution in [1.82, 2.24) is 0 Å². The predicted octanol–water partition coefficient (Wildman–Crippen LogP) is 4.74. The number of carbonyl (C=O) groups is 2. The molecule has 0 aliphatic carbocycles. The fourth-order valence-electron chi connectivity index (χ4n) is 4.14. The molecule has 2 amide bonds. The van der Waals surface area contributed by atoms with Gasteiger partial charge in [0.05, 0.1) is 25.5 Å². The molecule has 0 radical (unpaired) electrons. The lowest BCUT2D eigenvalue weighted by atomic mass is 9.97. The molecule has 0 aromatic heterocycles. The zero-order valence-electron chi connectivity index (χ0n) is 19.4. The third kappa shape index (κ3) is 3.84. The van der Waals surface area contributed by atoms with Gasteiger partial charge in [0.1, 0.15) is 17.2 Å². The minimum Gasteiger partial charge on any atom is -0.497 e. The summed E-state index contributed by atoms with van der Waals surface area (Å²) in [6.45, 7) is 3.94. The first-order valence-electron chi connectivity index (χ1n) is 10.6. The number of ether oxygens (including phenoxy) is 2. The van der Waals surface area contributed by atoms with Crippen molar-refractivity contribution >= 4 is 28.8 Å². The first-order valence-corrected chi connectivity index (χ1v) is 10.6. The molecule has 1 aliphatic rings. The monoisotopic (exact) mass is 442 g/mol. The van der Waals surface area contributed by atoms with Gasteiger partial charge in [0.25, 0.3) is 11.8 Å². The molecule has 1 heterocycles. The summed E-state index contributed by atoms with van der Waals surface area (Å²) >= 11 is 0. The molecule has 0 atom stereocenters. The third-order valence-electron chi connectivity index (χ3n) is 5.82. The molecule has 0 spiro atoms.